The molecule has 8 heteroatoms. The highest BCUT2D eigenvalue weighted by Crippen LogP contribution is 2.35. The van der Waals surface area contributed by atoms with Crippen LogP contribution in [0.4, 0.5) is 21.6 Å². The molecule has 0 saturated carbocycles. The molecule has 2 aliphatic heterocycles. The van der Waals surface area contributed by atoms with E-state index in [1.54, 1.807) is 6.07 Å². The average molecular weight is 458 g/mol. The molecule has 2 aliphatic rings. The molecule has 0 unspecified atom stereocenters. The van der Waals surface area contributed by atoms with Crippen molar-refractivity contribution in [2.24, 2.45) is 0 Å². The van der Waals surface area contributed by atoms with E-state index in [0.717, 1.165) is 36.6 Å². The van der Waals surface area contributed by atoms with Crippen molar-refractivity contribution in [3.63, 3.8) is 0 Å². The molecule has 0 spiro atoms. The van der Waals surface area contributed by atoms with Gasteiger partial charge >= 0.3 is 0 Å². The summed E-state index contributed by atoms with van der Waals surface area (Å²) in [6.07, 6.45) is 2.50. The second kappa shape index (κ2) is 8.52. The fourth-order valence-electron chi connectivity index (χ4n) is 4.21. The Kier molecular flexibility index (Phi) is 5.59. The zero-order valence-electron chi connectivity index (χ0n) is 16.9. The summed E-state index contributed by atoms with van der Waals surface area (Å²) < 4.78 is 14.0. The van der Waals surface area contributed by atoms with E-state index in [1.165, 1.54) is 24.6 Å². The van der Waals surface area contributed by atoms with Crippen molar-refractivity contribution < 1.29 is 4.39 Å². The van der Waals surface area contributed by atoms with Gasteiger partial charge in [0, 0.05) is 54.6 Å². The molecule has 1 saturated heterocycles. The third-order valence-corrected chi connectivity index (χ3v) is 6.67. The highest BCUT2D eigenvalue weighted by atomic mass is 35.5. The Morgan fingerprint density at radius 2 is 1.74 bits per heavy atom. The Morgan fingerprint density at radius 3 is 2.52 bits per heavy atom. The lowest BCUT2D eigenvalue weighted by Crippen LogP contribution is -2.34. The maximum atomic E-state index is 14.0. The molecule has 3 aromatic rings. The van der Waals surface area contributed by atoms with Gasteiger partial charge in [-0.25, -0.2) is 4.39 Å². The summed E-state index contributed by atoms with van der Waals surface area (Å²) in [6.45, 7) is 4.04. The van der Waals surface area contributed by atoms with Crippen LogP contribution in [0, 0.1) is 5.82 Å². The zero-order chi connectivity index (χ0) is 21.4. The standard InChI is InChI=1S/C23H22Cl2FN5/c24-18-7-8-19(26)22(25)17(18)14-31-12-9-27-23-21(31)13-20(28-29-23)15-3-5-16(6-4-15)30-10-1-2-11-30/h3-8,13H,1-2,9-12,14H2,(H,27,29). The van der Waals surface area contributed by atoms with Gasteiger partial charge in [0.25, 0.3) is 0 Å². The lowest BCUT2D eigenvalue weighted by atomic mass is 10.1. The summed E-state index contributed by atoms with van der Waals surface area (Å²) >= 11 is 12.5. The molecule has 2 aromatic carbocycles. The van der Waals surface area contributed by atoms with E-state index < -0.39 is 5.82 Å². The molecule has 0 radical (unpaired) electrons. The Bertz CT molecular complexity index is 1100. The van der Waals surface area contributed by atoms with Crippen molar-refractivity contribution in [3.8, 4) is 11.3 Å². The van der Waals surface area contributed by atoms with Gasteiger partial charge in [0.15, 0.2) is 5.82 Å². The molecule has 1 aromatic heterocycles. The van der Waals surface area contributed by atoms with Crippen molar-refractivity contribution in [3.05, 3.63) is 63.9 Å². The fraction of sp³-hybridized carbons (Fsp3) is 0.304. The van der Waals surface area contributed by atoms with Gasteiger partial charge in [0.2, 0.25) is 0 Å². The van der Waals surface area contributed by atoms with Gasteiger partial charge in [0.1, 0.15) is 5.82 Å². The minimum absolute atomic E-state index is 0.0623. The lowest BCUT2D eigenvalue weighted by molar-refractivity contribution is 0.624. The van der Waals surface area contributed by atoms with E-state index in [9.17, 15) is 4.39 Å². The Balaban J connectivity index is 1.44. The number of anilines is 3. The van der Waals surface area contributed by atoms with Crippen molar-refractivity contribution in [2.75, 3.05) is 41.3 Å². The van der Waals surface area contributed by atoms with E-state index in [2.05, 4.69) is 49.6 Å². The number of rotatable bonds is 4. The predicted octanol–water partition coefficient (Wildman–Crippen LogP) is 5.62. The SMILES string of the molecule is Fc1ccc(Cl)c(CN2CCNc3nnc(-c4ccc(N5CCCC5)cc4)cc32)c1Cl. The van der Waals surface area contributed by atoms with Gasteiger partial charge in [-0.3, -0.25) is 0 Å². The van der Waals surface area contributed by atoms with Gasteiger partial charge in [0.05, 0.1) is 16.4 Å². The van der Waals surface area contributed by atoms with Gasteiger partial charge in [-0.05, 0) is 43.2 Å². The van der Waals surface area contributed by atoms with Crippen LogP contribution in [0.15, 0.2) is 42.5 Å². The summed E-state index contributed by atoms with van der Waals surface area (Å²) in [5, 5.41) is 12.6. The molecule has 160 valence electrons. The van der Waals surface area contributed by atoms with E-state index >= 15 is 0 Å². The first-order valence-electron chi connectivity index (χ1n) is 10.4. The third kappa shape index (κ3) is 4.02. The van der Waals surface area contributed by atoms with E-state index in [0.29, 0.717) is 29.5 Å². The minimum atomic E-state index is -0.469. The molecule has 0 bridgehead atoms. The molecule has 1 fully saturated rings. The molecular formula is C23H22Cl2FN5. The average Bonchev–Trinajstić information content (AvgIpc) is 3.34. The van der Waals surface area contributed by atoms with Crippen LogP contribution in [-0.4, -0.2) is 36.4 Å². The molecule has 0 atom stereocenters. The van der Waals surface area contributed by atoms with E-state index in [-0.39, 0.29) is 5.02 Å². The highest BCUT2D eigenvalue weighted by molar-refractivity contribution is 6.36. The maximum absolute atomic E-state index is 14.0. The van der Waals surface area contributed by atoms with Crippen LogP contribution in [0.3, 0.4) is 0 Å². The van der Waals surface area contributed by atoms with Crippen molar-refractivity contribution in [2.45, 2.75) is 19.4 Å². The minimum Gasteiger partial charge on any atom is -0.372 e. The molecule has 0 aliphatic carbocycles. The number of halogens is 3. The Morgan fingerprint density at radius 1 is 0.968 bits per heavy atom. The topological polar surface area (TPSA) is 44.3 Å². The van der Waals surface area contributed by atoms with Gasteiger partial charge < -0.3 is 15.1 Å². The van der Waals surface area contributed by atoms with E-state index in [4.69, 9.17) is 23.2 Å². The van der Waals surface area contributed by atoms with Crippen molar-refractivity contribution >= 4 is 40.4 Å². The Hall–Kier alpha value is -2.57. The molecule has 3 heterocycles. The Labute approximate surface area is 190 Å². The fourth-order valence-corrected chi connectivity index (χ4v) is 4.70. The third-order valence-electron chi connectivity index (χ3n) is 5.91. The quantitative estimate of drug-likeness (QED) is 0.514. The summed E-state index contributed by atoms with van der Waals surface area (Å²) in [4.78, 5) is 4.51. The van der Waals surface area contributed by atoms with Crippen LogP contribution in [0.5, 0.6) is 0 Å². The number of nitrogens with one attached hydrogen (secondary N) is 1. The van der Waals surface area contributed by atoms with Crippen molar-refractivity contribution in [1.29, 1.82) is 0 Å². The number of nitrogens with zero attached hydrogens (tertiary/aromatic N) is 4. The predicted molar refractivity (Wildman–Crippen MR) is 125 cm³/mol. The number of fused-ring (bicyclic) bond motifs is 1. The summed E-state index contributed by atoms with van der Waals surface area (Å²) in [5.74, 6) is 0.232. The van der Waals surface area contributed by atoms with Crippen LogP contribution in [0.2, 0.25) is 10.0 Å². The number of hydrogen-bond acceptors (Lipinski definition) is 5. The van der Waals surface area contributed by atoms with Crippen LogP contribution in [-0.2, 0) is 6.54 Å². The molecule has 5 nitrogen and oxygen atoms in total. The first-order valence-corrected chi connectivity index (χ1v) is 11.2. The molecular weight excluding hydrogens is 436 g/mol. The van der Waals surface area contributed by atoms with Gasteiger partial charge in [-0.15, -0.1) is 10.2 Å². The first kappa shape index (κ1) is 20.3. The van der Waals surface area contributed by atoms with Crippen LogP contribution >= 0.6 is 23.2 Å². The molecule has 1 N–H and O–H groups in total. The summed E-state index contributed by atoms with van der Waals surface area (Å²) in [7, 11) is 0. The van der Waals surface area contributed by atoms with Crippen LogP contribution < -0.4 is 15.1 Å². The summed E-state index contributed by atoms with van der Waals surface area (Å²) in [5.41, 5.74) is 4.51. The lowest BCUT2D eigenvalue weighted by Gasteiger charge is -2.31. The first-order chi connectivity index (χ1) is 15.1. The normalized spacial score (nSPS) is 15.7. The largest absolute Gasteiger partial charge is 0.372 e. The van der Waals surface area contributed by atoms with Gasteiger partial charge in [-0.2, -0.15) is 0 Å². The zero-order valence-corrected chi connectivity index (χ0v) is 18.4. The number of hydrogen-bond donors (Lipinski definition) is 1. The smallest absolute Gasteiger partial charge is 0.172 e. The van der Waals surface area contributed by atoms with Gasteiger partial charge in [-0.1, -0.05) is 35.3 Å². The molecule has 5 rings (SSSR count). The van der Waals surface area contributed by atoms with Crippen molar-refractivity contribution in [1.82, 2.24) is 10.2 Å². The maximum Gasteiger partial charge on any atom is 0.172 e. The number of benzene rings is 2. The molecule has 31 heavy (non-hydrogen) atoms. The summed E-state index contributed by atoms with van der Waals surface area (Å²) in [6, 6.07) is 13.3. The van der Waals surface area contributed by atoms with Crippen LogP contribution in [0.25, 0.3) is 11.3 Å². The second-order valence-electron chi connectivity index (χ2n) is 7.87. The van der Waals surface area contributed by atoms with E-state index in [1.807, 2.05) is 6.07 Å². The highest BCUT2D eigenvalue weighted by Gasteiger charge is 2.22. The molecule has 0 amide bonds. The second-order valence-corrected chi connectivity index (χ2v) is 8.66. The van der Waals surface area contributed by atoms with Crippen LogP contribution in [0.1, 0.15) is 18.4 Å². The number of aromatic nitrogens is 2. The monoisotopic (exact) mass is 457 g/mol.